The third-order valence-corrected chi connectivity index (χ3v) is 16.3. The monoisotopic (exact) mass is 1240 g/mol. The van der Waals surface area contributed by atoms with Crippen molar-refractivity contribution in [3.8, 4) is 0 Å². The fraction of sp³-hybridized carbons (Fsp3) is 0.762. The summed E-state index contributed by atoms with van der Waals surface area (Å²) in [5.41, 5.74) is 0. The number of allylic oxidation sites excluding steroid dienone is 16. The largest absolute Gasteiger partial charge is 0.545 e. The predicted molar refractivity (Wildman–Crippen MR) is 380 cm³/mol. The second-order valence-electron chi connectivity index (χ2n) is 26.2. The average Bonchev–Trinajstić information content (AvgIpc) is 3.64. The number of unbranched alkanes of at least 4 members (excludes halogenated alkanes) is 38. The summed E-state index contributed by atoms with van der Waals surface area (Å²) >= 11 is 0. The zero-order valence-corrected chi connectivity index (χ0v) is 58.8. The number of carbonyl (C=O) groups excluding carboxylic acids is 3. The average molecular weight is 1250 g/mol. The number of nitrogens with zero attached hydrogens (tertiary/aromatic N) is 1. The van der Waals surface area contributed by atoms with Crippen molar-refractivity contribution in [2.24, 2.45) is 0 Å². The van der Waals surface area contributed by atoms with E-state index in [0.29, 0.717) is 23.9 Å². The highest BCUT2D eigenvalue weighted by atomic mass is 16.7. The number of aliphatic carboxylic acids is 1. The molecule has 514 valence electrons. The summed E-state index contributed by atoms with van der Waals surface area (Å²) in [5, 5.41) is 11.8. The molecular formula is C80H141NO8. The first kappa shape index (κ1) is 85.2. The lowest BCUT2D eigenvalue weighted by molar-refractivity contribution is -0.870. The Kier molecular flexibility index (Phi) is 67.1. The van der Waals surface area contributed by atoms with Crippen LogP contribution in [-0.4, -0.2) is 82.3 Å². The smallest absolute Gasteiger partial charge is 0.306 e. The van der Waals surface area contributed by atoms with Crippen LogP contribution in [-0.2, 0) is 33.3 Å². The molecule has 0 radical (unpaired) electrons. The summed E-state index contributed by atoms with van der Waals surface area (Å²) in [6.45, 7) is 4.67. The number of carboxylic acid groups (broad SMARTS) is 1. The molecule has 0 amide bonds. The quantitative estimate of drug-likeness (QED) is 0.0195. The molecule has 89 heavy (non-hydrogen) atoms. The van der Waals surface area contributed by atoms with E-state index in [0.717, 1.165) is 89.9 Å². The Bertz CT molecular complexity index is 1790. The van der Waals surface area contributed by atoms with Crippen molar-refractivity contribution in [2.45, 2.75) is 347 Å². The summed E-state index contributed by atoms with van der Waals surface area (Å²) in [5.74, 6) is -2.27. The van der Waals surface area contributed by atoms with Crippen LogP contribution in [0, 0.1) is 0 Å². The van der Waals surface area contributed by atoms with Gasteiger partial charge in [0, 0.05) is 12.8 Å². The van der Waals surface area contributed by atoms with Crippen molar-refractivity contribution >= 4 is 17.9 Å². The van der Waals surface area contributed by atoms with E-state index in [1.54, 1.807) is 0 Å². The topological polar surface area (TPSA) is 111 Å². The number of carbonyl (C=O) groups is 3. The number of rotatable bonds is 69. The van der Waals surface area contributed by atoms with Crippen molar-refractivity contribution in [3.63, 3.8) is 0 Å². The van der Waals surface area contributed by atoms with E-state index in [1.165, 1.54) is 212 Å². The van der Waals surface area contributed by atoms with Crippen LogP contribution in [0.3, 0.4) is 0 Å². The zero-order chi connectivity index (χ0) is 64.7. The summed E-state index contributed by atoms with van der Waals surface area (Å²) in [4.78, 5) is 37.6. The van der Waals surface area contributed by atoms with Gasteiger partial charge < -0.3 is 33.3 Å². The van der Waals surface area contributed by atoms with Crippen LogP contribution in [0.2, 0.25) is 0 Å². The summed E-state index contributed by atoms with van der Waals surface area (Å²) in [7, 11) is 5.94. The maximum Gasteiger partial charge on any atom is 0.306 e. The van der Waals surface area contributed by atoms with E-state index in [4.69, 9.17) is 18.9 Å². The van der Waals surface area contributed by atoms with Crippen LogP contribution >= 0.6 is 0 Å². The normalized spacial score (nSPS) is 13.2. The maximum atomic E-state index is 13.0. The van der Waals surface area contributed by atoms with Gasteiger partial charge in [0.05, 0.1) is 40.3 Å². The first-order chi connectivity index (χ1) is 43.6. The Hall–Kier alpha value is -3.79. The molecule has 0 aliphatic heterocycles. The van der Waals surface area contributed by atoms with Gasteiger partial charge in [-0.1, -0.05) is 323 Å². The van der Waals surface area contributed by atoms with E-state index in [-0.39, 0.29) is 32.2 Å². The molecule has 0 spiro atoms. The second kappa shape index (κ2) is 70.1. The SMILES string of the molecule is CC/C=C\C/C=C\C/C=C\C/C=C\C/C=C\C/C=C\C/C=C\CCCCCCCCCCCCCC(=O)OC(COC(=O)CCCCCCCCCCCCCCCCCCCCC/C=C\CCCCCCCCCC)COC(OCC[N+](C)(C)C)C(=O)[O-]. The molecule has 9 nitrogen and oxygen atoms in total. The van der Waals surface area contributed by atoms with Gasteiger partial charge in [-0.3, -0.25) is 9.59 Å². The molecule has 2 unspecified atom stereocenters. The zero-order valence-electron chi connectivity index (χ0n) is 58.8. The molecule has 9 heteroatoms. The fourth-order valence-electron chi connectivity index (χ4n) is 10.6. The van der Waals surface area contributed by atoms with Crippen LogP contribution in [0.4, 0.5) is 0 Å². The van der Waals surface area contributed by atoms with Gasteiger partial charge >= 0.3 is 11.9 Å². The lowest BCUT2D eigenvalue weighted by atomic mass is 10.0. The standard InChI is InChI=1S/C80H141NO8/c1-6-8-10-12-14-16-18-20-22-24-26-28-30-32-34-36-38-39-41-43-45-47-49-51-53-55-57-59-61-63-65-67-69-71-78(83)89-76(75-88-80(79(84)85)86-73-72-81(3,4)5)74-87-77(82)70-68-66-64-62-60-58-56-54-52-50-48-46-44-42-40-37-35-33-31-29-27-25-23-21-19-17-15-13-11-9-7-2/h8,10,14,16,20,22,25-28,32,34,38-39,43,45,76,80H,6-7,9,11-13,15,17-19,21,23-24,29-31,33,35-37,40-42,44,46-75H2,1-5H3/b10-8-,16-14-,22-20-,27-25-,28-26-,34-32-,39-38-,45-43-. The minimum Gasteiger partial charge on any atom is -0.545 e. The van der Waals surface area contributed by atoms with Crippen LogP contribution in [0.15, 0.2) is 97.2 Å². The Morgan fingerprint density at radius 2 is 0.640 bits per heavy atom. The Labute approximate surface area is 550 Å². The third-order valence-electron chi connectivity index (χ3n) is 16.3. The van der Waals surface area contributed by atoms with Crippen LogP contribution in [0.5, 0.6) is 0 Å². The molecule has 0 bridgehead atoms. The third kappa shape index (κ3) is 71.5. The van der Waals surface area contributed by atoms with E-state index >= 15 is 0 Å². The van der Waals surface area contributed by atoms with E-state index in [2.05, 4.69) is 111 Å². The van der Waals surface area contributed by atoms with Gasteiger partial charge in [-0.15, -0.1) is 0 Å². The van der Waals surface area contributed by atoms with Crippen molar-refractivity contribution in [1.29, 1.82) is 0 Å². The molecular weight excluding hydrogens is 1100 g/mol. The highest BCUT2D eigenvalue weighted by molar-refractivity contribution is 5.70. The van der Waals surface area contributed by atoms with Crippen LogP contribution < -0.4 is 5.11 Å². The molecule has 2 atom stereocenters. The molecule has 0 N–H and O–H groups in total. The van der Waals surface area contributed by atoms with Crippen molar-refractivity contribution in [2.75, 3.05) is 47.5 Å². The number of quaternary nitrogens is 1. The molecule has 0 aliphatic carbocycles. The van der Waals surface area contributed by atoms with Crippen LogP contribution in [0.1, 0.15) is 335 Å². The molecule has 0 aromatic rings. The number of carboxylic acids is 1. The van der Waals surface area contributed by atoms with E-state index in [9.17, 15) is 19.5 Å². The molecule has 0 saturated heterocycles. The van der Waals surface area contributed by atoms with Crippen molar-refractivity contribution in [3.05, 3.63) is 97.2 Å². The van der Waals surface area contributed by atoms with Gasteiger partial charge in [0.15, 0.2) is 12.4 Å². The minimum atomic E-state index is -1.63. The lowest BCUT2D eigenvalue weighted by Crippen LogP contribution is -2.44. The second-order valence-corrected chi connectivity index (χ2v) is 26.2. The number of esters is 2. The van der Waals surface area contributed by atoms with Crippen molar-refractivity contribution < 1.29 is 42.9 Å². The Balaban J connectivity index is 4.09. The molecule has 0 heterocycles. The van der Waals surface area contributed by atoms with Gasteiger partial charge in [-0.2, -0.15) is 0 Å². The number of ether oxygens (including phenoxy) is 4. The van der Waals surface area contributed by atoms with Gasteiger partial charge in [0.25, 0.3) is 0 Å². The first-order valence-corrected chi connectivity index (χ1v) is 37.4. The Morgan fingerprint density at radius 1 is 0.348 bits per heavy atom. The number of hydrogen-bond acceptors (Lipinski definition) is 8. The molecule has 0 aromatic carbocycles. The van der Waals surface area contributed by atoms with E-state index in [1.807, 2.05) is 21.1 Å². The van der Waals surface area contributed by atoms with Crippen LogP contribution in [0.25, 0.3) is 0 Å². The van der Waals surface area contributed by atoms with Gasteiger partial charge in [0.1, 0.15) is 13.2 Å². The summed E-state index contributed by atoms with van der Waals surface area (Å²) in [6.07, 6.45) is 93.6. The first-order valence-electron chi connectivity index (χ1n) is 37.4. The summed E-state index contributed by atoms with van der Waals surface area (Å²) < 4.78 is 22.8. The molecule has 0 rings (SSSR count). The molecule has 0 aliphatic rings. The minimum absolute atomic E-state index is 0.145. The van der Waals surface area contributed by atoms with E-state index < -0.39 is 24.3 Å². The summed E-state index contributed by atoms with van der Waals surface area (Å²) in [6, 6.07) is 0. The van der Waals surface area contributed by atoms with Gasteiger partial charge in [0.2, 0.25) is 0 Å². The molecule has 0 aromatic heterocycles. The maximum absolute atomic E-state index is 13.0. The molecule has 0 fully saturated rings. The predicted octanol–water partition coefficient (Wildman–Crippen LogP) is 22.3. The van der Waals surface area contributed by atoms with Gasteiger partial charge in [-0.05, 0) is 96.3 Å². The number of hydrogen-bond donors (Lipinski definition) is 0. The lowest BCUT2D eigenvalue weighted by Gasteiger charge is -2.26. The van der Waals surface area contributed by atoms with Gasteiger partial charge in [-0.25, -0.2) is 0 Å². The number of likely N-dealkylation sites (N-methyl/N-ethyl adjacent to an activating group) is 1. The molecule has 0 saturated carbocycles. The Morgan fingerprint density at radius 3 is 0.966 bits per heavy atom. The van der Waals surface area contributed by atoms with Crippen molar-refractivity contribution in [1.82, 2.24) is 0 Å². The highest BCUT2D eigenvalue weighted by Gasteiger charge is 2.22. The fourth-order valence-corrected chi connectivity index (χ4v) is 10.6. The highest BCUT2D eigenvalue weighted by Crippen LogP contribution is 2.18.